The Bertz CT molecular complexity index is 904. The molecule has 3 aliphatic rings. The Labute approximate surface area is 207 Å². The summed E-state index contributed by atoms with van der Waals surface area (Å²) >= 11 is 0. The molecule has 0 radical (unpaired) electrons. The fraction of sp³-hybridized carbons (Fsp3) is 0.800. The van der Waals surface area contributed by atoms with Crippen LogP contribution in [0.2, 0.25) is 0 Å². The Hall–Kier alpha value is -2.65. The van der Waals surface area contributed by atoms with Crippen molar-refractivity contribution in [1.29, 1.82) is 0 Å². The van der Waals surface area contributed by atoms with E-state index in [0.717, 1.165) is 12.8 Å². The molecule has 1 aliphatic heterocycles. The lowest BCUT2D eigenvalue weighted by atomic mass is 9.96. The van der Waals surface area contributed by atoms with Gasteiger partial charge in [-0.15, -0.1) is 0 Å². The number of likely N-dealkylation sites (tertiary alicyclic amines) is 1. The number of nitrogens with zero attached hydrogens (tertiary/aromatic N) is 1. The molecule has 10 heteroatoms. The highest BCUT2D eigenvalue weighted by molar-refractivity contribution is 6.37. The van der Waals surface area contributed by atoms with Crippen molar-refractivity contribution in [3.05, 3.63) is 0 Å². The second kappa shape index (κ2) is 9.43. The van der Waals surface area contributed by atoms with E-state index < -0.39 is 47.4 Å². The molecule has 0 aromatic carbocycles. The zero-order valence-electron chi connectivity index (χ0n) is 21.8. The molecule has 10 nitrogen and oxygen atoms in total. The van der Waals surface area contributed by atoms with Crippen molar-refractivity contribution < 1.29 is 28.7 Å². The van der Waals surface area contributed by atoms with Crippen molar-refractivity contribution in [2.75, 3.05) is 6.54 Å². The quantitative estimate of drug-likeness (QED) is 0.414. The molecule has 3 fully saturated rings. The maximum absolute atomic E-state index is 13.6. The molecule has 1 saturated heterocycles. The van der Waals surface area contributed by atoms with Gasteiger partial charge in [0.05, 0.1) is 6.04 Å². The van der Waals surface area contributed by atoms with Gasteiger partial charge in [-0.2, -0.15) is 0 Å². The predicted molar refractivity (Wildman–Crippen MR) is 128 cm³/mol. The largest absolute Gasteiger partial charge is 0.444 e. The van der Waals surface area contributed by atoms with Gasteiger partial charge in [0.15, 0.2) is 0 Å². The maximum Gasteiger partial charge on any atom is 0.408 e. The molecule has 4 N–H and O–H groups in total. The molecule has 2 saturated carbocycles. The Morgan fingerprint density at radius 2 is 1.69 bits per heavy atom. The molecule has 0 aromatic heterocycles. The average Bonchev–Trinajstić information content (AvgIpc) is 3.56. The van der Waals surface area contributed by atoms with Gasteiger partial charge < -0.3 is 26.0 Å². The van der Waals surface area contributed by atoms with Gasteiger partial charge in [0.1, 0.15) is 17.7 Å². The summed E-state index contributed by atoms with van der Waals surface area (Å²) in [6.07, 6.45) is 1.54. The molecule has 4 amide bonds. The van der Waals surface area contributed by atoms with Gasteiger partial charge in [0.25, 0.3) is 5.91 Å². The second-order valence-corrected chi connectivity index (χ2v) is 12.2. The third-order valence-corrected chi connectivity index (χ3v) is 7.51. The van der Waals surface area contributed by atoms with Crippen molar-refractivity contribution in [2.45, 2.75) is 91.5 Å². The number of ether oxygens (including phenoxy) is 1. The molecule has 0 aromatic rings. The number of carbonyl (C=O) groups excluding carboxylic acids is 5. The Balaban J connectivity index is 1.79. The summed E-state index contributed by atoms with van der Waals surface area (Å²) in [4.78, 5) is 65.0. The van der Waals surface area contributed by atoms with E-state index in [-0.39, 0.29) is 35.0 Å². The topological polar surface area (TPSA) is 148 Å². The molecule has 5 atom stereocenters. The summed E-state index contributed by atoms with van der Waals surface area (Å²) in [5, 5.41) is 5.40. The lowest BCUT2D eigenvalue weighted by Crippen LogP contribution is -2.59. The third kappa shape index (κ3) is 5.95. The number of Topliss-reactive ketones (excluding diaryl/α,β-unsaturated/α-hetero) is 1. The van der Waals surface area contributed by atoms with Gasteiger partial charge in [0, 0.05) is 6.54 Å². The molecule has 2 aliphatic carbocycles. The number of ketones is 1. The highest BCUT2D eigenvalue weighted by atomic mass is 16.6. The number of fused-ring (bicyclic) bond motifs is 1. The number of nitrogens with two attached hydrogens (primary N) is 1. The Morgan fingerprint density at radius 3 is 2.17 bits per heavy atom. The maximum atomic E-state index is 13.6. The number of amides is 4. The number of nitrogens with one attached hydrogen (secondary N) is 2. The van der Waals surface area contributed by atoms with Gasteiger partial charge in [-0.25, -0.2) is 4.79 Å². The van der Waals surface area contributed by atoms with E-state index in [0.29, 0.717) is 13.0 Å². The van der Waals surface area contributed by atoms with Gasteiger partial charge in [0.2, 0.25) is 17.6 Å². The van der Waals surface area contributed by atoms with Gasteiger partial charge in [-0.3, -0.25) is 19.2 Å². The van der Waals surface area contributed by atoms with Crippen LogP contribution in [0.4, 0.5) is 4.79 Å². The molecule has 0 bridgehead atoms. The summed E-state index contributed by atoms with van der Waals surface area (Å²) in [5.41, 5.74) is 4.37. The van der Waals surface area contributed by atoms with Crippen LogP contribution in [0.15, 0.2) is 0 Å². The van der Waals surface area contributed by atoms with Crippen molar-refractivity contribution in [3.8, 4) is 0 Å². The summed E-state index contributed by atoms with van der Waals surface area (Å²) in [6.45, 7) is 13.3. The number of carbonyl (C=O) groups is 5. The first kappa shape index (κ1) is 26.9. The van der Waals surface area contributed by atoms with Crippen LogP contribution in [0.3, 0.4) is 0 Å². The summed E-state index contributed by atoms with van der Waals surface area (Å²) in [7, 11) is 0. The molecule has 196 valence electrons. The predicted octanol–water partition coefficient (Wildman–Crippen LogP) is 1.36. The van der Waals surface area contributed by atoms with Gasteiger partial charge in [-0.1, -0.05) is 40.5 Å². The smallest absolute Gasteiger partial charge is 0.408 e. The van der Waals surface area contributed by atoms with Gasteiger partial charge >= 0.3 is 6.09 Å². The Morgan fingerprint density at radius 1 is 1.09 bits per heavy atom. The fourth-order valence-electron chi connectivity index (χ4n) is 5.29. The van der Waals surface area contributed by atoms with Gasteiger partial charge in [-0.05, 0) is 56.3 Å². The SMILES string of the molecule is CC(C)[C@H](NC(=O)OC(C)(C)C)C(=O)N1CC2C([C@H]1C(=O)NC(CC1CC1)C(=O)C(N)=O)C2(C)C. The summed E-state index contributed by atoms with van der Waals surface area (Å²) in [6, 6.07) is -2.67. The number of hydrogen-bond donors (Lipinski definition) is 3. The van der Waals surface area contributed by atoms with Crippen molar-refractivity contribution in [3.63, 3.8) is 0 Å². The second-order valence-electron chi connectivity index (χ2n) is 12.2. The van der Waals surface area contributed by atoms with Crippen molar-refractivity contribution in [1.82, 2.24) is 15.5 Å². The van der Waals surface area contributed by atoms with Crippen LogP contribution in [0, 0.1) is 29.1 Å². The summed E-state index contributed by atoms with van der Waals surface area (Å²) < 4.78 is 5.33. The van der Waals surface area contributed by atoms with E-state index in [1.165, 1.54) is 4.90 Å². The molecule has 3 rings (SSSR count). The normalized spacial score (nSPS) is 26.4. The zero-order chi connectivity index (χ0) is 26.5. The van der Waals surface area contributed by atoms with Crippen molar-refractivity contribution >= 4 is 29.6 Å². The third-order valence-electron chi connectivity index (χ3n) is 7.51. The van der Waals surface area contributed by atoms with E-state index in [4.69, 9.17) is 10.5 Å². The van der Waals surface area contributed by atoms with Crippen LogP contribution in [-0.4, -0.2) is 64.8 Å². The van der Waals surface area contributed by atoms with Crippen LogP contribution >= 0.6 is 0 Å². The molecular formula is C25H40N4O6. The fourth-order valence-corrected chi connectivity index (χ4v) is 5.29. The number of primary amides is 1. The lowest BCUT2D eigenvalue weighted by molar-refractivity contribution is -0.144. The first-order valence-corrected chi connectivity index (χ1v) is 12.5. The van der Waals surface area contributed by atoms with E-state index in [9.17, 15) is 24.0 Å². The minimum Gasteiger partial charge on any atom is -0.444 e. The molecule has 3 unspecified atom stereocenters. The molecular weight excluding hydrogens is 452 g/mol. The number of piperidine rings is 1. The Kier molecular flexibility index (Phi) is 7.26. The summed E-state index contributed by atoms with van der Waals surface area (Å²) in [5.74, 6) is -2.65. The molecule has 35 heavy (non-hydrogen) atoms. The minimum atomic E-state index is -1.08. The number of alkyl carbamates (subject to hydrolysis) is 1. The van der Waals surface area contributed by atoms with Crippen molar-refractivity contribution in [2.24, 2.45) is 34.8 Å². The molecule has 0 spiro atoms. The van der Waals surface area contributed by atoms with E-state index in [2.05, 4.69) is 24.5 Å². The number of hydrogen-bond acceptors (Lipinski definition) is 6. The highest BCUT2D eigenvalue weighted by Gasteiger charge is 2.69. The first-order chi connectivity index (χ1) is 16.0. The van der Waals surface area contributed by atoms with E-state index >= 15 is 0 Å². The van der Waals surface area contributed by atoms with Crippen LogP contribution in [0.5, 0.6) is 0 Å². The van der Waals surface area contributed by atoms with Crippen LogP contribution in [-0.2, 0) is 23.9 Å². The van der Waals surface area contributed by atoms with E-state index in [1.807, 2.05) is 13.8 Å². The van der Waals surface area contributed by atoms with Crippen LogP contribution in [0.1, 0.15) is 67.7 Å². The molecule has 1 heterocycles. The average molecular weight is 493 g/mol. The first-order valence-electron chi connectivity index (χ1n) is 12.5. The monoisotopic (exact) mass is 492 g/mol. The van der Waals surface area contributed by atoms with E-state index in [1.54, 1.807) is 20.8 Å². The lowest BCUT2D eigenvalue weighted by Gasteiger charge is -2.35. The zero-order valence-corrected chi connectivity index (χ0v) is 21.8. The van der Waals surface area contributed by atoms with Crippen LogP contribution < -0.4 is 16.4 Å². The standard InChI is InChI=1S/C25H40N4O6/c1-12(2)17(28-23(34)35-24(3,4)5)22(33)29-11-14-16(25(14,6)7)18(29)21(32)27-15(10-13-8-9-13)19(30)20(26)31/h12-18H,8-11H2,1-7H3,(H2,26,31)(H,27,32)(H,28,34)/t14?,15?,16?,17-,18-/m0/s1. The van der Waals surface area contributed by atoms with Crippen LogP contribution in [0.25, 0.3) is 0 Å². The minimum absolute atomic E-state index is 0.0777. The highest BCUT2D eigenvalue weighted by Crippen LogP contribution is 2.65. The number of rotatable bonds is 9.